The van der Waals surface area contributed by atoms with Crippen LogP contribution in [0.2, 0.25) is 0 Å². The molecule has 1 saturated carbocycles. The number of methoxy groups -OCH3 is 1. The van der Waals surface area contributed by atoms with Crippen LogP contribution in [0, 0.1) is 0 Å². The molecule has 0 atom stereocenters. The van der Waals surface area contributed by atoms with Crippen LogP contribution in [0.5, 0.6) is 5.88 Å². The highest BCUT2D eigenvalue weighted by Crippen LogP contribution is 2.29. The number of aromatic nitrogens is 5. The third kappa shape index (κ3) is 4.00. The fourth-order valence-corrected chi connectivity index (χ4v) is 3.55. The Hall–Kier alpha value is -3.29. The van der Waals surface area contributed by atoms with Gasteiger partial charge in [-0.15, -0.1) is 0 Å². The number of hydrogen-bond donors (Lipinski definition) is 1. The molecule has 0 bridgehead atoms. The number of nitrogens with zero attached hydrogens (tertiary/aromatic N) is 5. The minimum absolute atomic E-state index is 0.0886. The summed E-state index contributed by atoms with van der Waals surface area (Å²) in [5.74, 6) is 0.351. The summed E-state index contributed by atoms with van der Waals surface area (Å²) in [6.45, 7) is 0. The second-order valence-electron chi connectivity index (χ2n) is 6.87. The highest BCUT2D eigenvalue weighted by Gasteiger charge is 2.24. The molecule has 0 radical (unpaired) electrons. The molecule has 1 amide bonds. The summed E-state index contributed by atoms with van der Waals surface area (Å²) in [5, 5.41) is 7.64. The average molecular weight is 378 g/mol. The summed E-state index contributed by atoms with van der Waals surface area (Å²) in [6.07, 6.45) is 12.5. The number of nitrogens with one attached hydrogen (secondary N) is 1. The van der Waals surface area contributed by atoms with E-state index in [9.17, 15) is 4.79 Å². The highest BCUT2D eigenvalue weighted by atomic mass is 16.5. The molecule has 0 saturated heterocycles. The maximum Gasteiger partial charge on any atom is 0.251 e. The third-order valence-electron chi connectivity index (χ3n) is 5.09. The molecule has 8 nitrogen and oxygen atoms in total. The van der Waals surface area contributed by atoms with E-state index in [4.69, 9.17) is 4.74 Å². The molecule has 1 fully saturated rings. The van der Waals surface area contributed by atoms with Gasteiger partial charge < -0.3 is 10.1 Å². The van der Waals surface area contributed by atoms with Crippen molar-refractivity contribution in [3.63, 3.8) is 0 Å². The number of pyridine rings is 1. The van der Waals surface area contributed by atoms with Crippen molar-refractivity contribution in [3.8, 4) is 17.1 Å². The summed E-state index contributed by atoms with van der Waals surface area (Å²) in [4.78, 5) is 24.7. The zero-order valence-electron chi connectivity index (χ0n) is 15.7. The van der Waals surface area contributed by atoms with Crippen LogP contribution in [0.1, 0.15) is 42.1 Å². The van der Waals surface area contributed by atoms with Crippen LogP contribution in [0.4, 0.5) is 0 Å². The van der Waals surface area contributed by atoms with Crippen LogP contribution in [-0.4, -0.2) is 43.8 Å². The topological polar surface area (TPSA) is 94.8 Å². The zero-order chi connectivity index (χ0) is 19.3. The Kier molecular flexibility index (Phi) is 5.27. The molecule has 8 heteroatoms. The predicted octanol–water partition coefficient (Wildman–Crippen LogP) is 2.66. The van der Waals surface area contributed by atoms with E-state index in [-0.39, 0.29) is 11.9 Å². The molecule has 0 aliphatic heterocycles. The van der Waals surface area contributed by atoms with Crippen molar-refractivity contribution in [1.29, 1.82) is 0 Å². The van der Waals surface area contributed by atoms with E-state index in [0.29, 0.717) is 17.5 Å². The second kappa shape index (κ2) is 8.16. The van der Waals surface area contributed by atoms with Gasteiger partial charge in [0, 0.05) is 41.8 Å². The first-order chi connectivity index (χ1) is 13.7. The van der Waals surface area contributed by atoms with E-state index in [1.165, 1.54) is 7.11 Å². The lowest BCUT2D eigenvalue weighted by Gasteiger charge is -2.29. The van der Waals surface area contributed by atoms with Gasteiger partial charge in [0.15, 0.2) is 0 Å². The van der Waals surface area contributed by atoms with Gasteiger partial charge in [-0.1, -0.05) is 0 Å². The first kappa shape index (κ1) is 18.1. The molecule has 4 rings (SSSR count). The van der Waals surface area contributed by atoms with Crippen LogP contribution < -0.4 is 10.1 Å². The van der Waals surface area contributed by atoms with Crippen molar-refractivity contribution in [2.45, 2.75) is 37.8 Å². The fraction of sp³-hybridized carbons (Fsp3) is 0.350. The monoisotopic (exact) mass is 378 g/mol. The maximum atomic E-state index is 12.5. The van der Waals surface area contributed by atoms with E-state index >= 15 is 0 Å². The van der Waals surface area contributed by atoms with Crippen LogP contribution in [0.15, 0.2) is 49.3 Å². The summed E-state index contributed by atoms with van der Waals surface area (Å²) in [5.41, 5.74) is 2.43. The third-order valence-corrected chi connectivity index (χ3v) is 5.09. The lowest BCUT2D eigenvalue weighted by atomic mass is 9.91. The normalized spacial score (nSPS) is 19.2. The van der Waals surface area contributed by atoms with Gasteiger partial charge in [-0.05, 0) is 37.8 Å². The largest absolute Gasteiger partial charge is 0.481 e. The number of hydrogen-bond acceptors (Lipinski definition) is 6. The first-order valence-electron chi connectivity index (χ1n) is 9.34. The van der Waals surface area contributed by atoms with Crippen molar-refractivity contribution in [3.05, 3.63) is 54.9 Å². The van der Waals surface area contributed by atoms with E-state index in [0.717, 1.165) is 36.9 Å². The zero-order valence-corrected chi connectivity index (χ0v) is 15.7. The summed E-state index contributed by atoms with van der Waals surface area (Å²) in [7, 11) is 1.54. The number of carbonyl (C=O) groups is 1. The van der Waals surface area contributed by atoms with Gasteiger partial charge in [-0.25, -0.2) is 15.0 Å². The Balaban J connectivity index is 1.33. The molecule has 28 heavy (non-hydrogen) atoms. The lowest BCUT2D eigenvalue weighted by molar-refractivity contribution is 0.0921. The van der Waals surface area contributed by atoms with Crippen LogP contribution in [-0.2, 0) is 0 Å². The smallest absolute Gasteiger partial charge is 0.251 e. The highest BCUT2D eigenvalue weighted by molar-refractivity contribution is 5.94. The SMILES string of the molecule is COc1cc(C(=O)NC2CCC(n3cc(-c4ccncn4)cn3)CC2)ccn1. The fourth-order valence-electron chi connectivity index (χ4n) is 3.55. The number of carbonyl (C=O) groups excluding carboxylic acids is 1. The van der Waals surface area contributed by atoms with E-state index in [1.54, 1.807) is 30.9 Å². The van der Waals surface area contributed by atoms with Crippen LogP contribution >= 0.6 is 0 Å². The van der Waals surface area contributed by atoms with E-state index in [1.807, 2.05) is 23.1 Å². The molecule has 0 aromatic carbocycles. The Morgan fingerprint density at radius 1 is 1.18 bits per heavy atom. The number of ether oxygens (including phenoxy) is 1. The van der Waals surface area contributed by atoms with Gasteiger partial charge in [0.1, 0.15) is 6.33 Å². The van der Waals surface area contributed by atoms with Gasteiger partial charge in [0.05, 0.1) is 25.0 Å². The molecule has 0 unspecified atom stereocenters. The Bertz CT molecular complexity index is 935. The summed E-state index contributed by atoms with van der Waals surface area (Å²) < 4.78 is 7.10. The van der Waals surface area contributed by atoms with E-state index in [2.05, 4.69) is 25.4 Å². The molecule has 3 heterocycles. The minimum atomic E-state index is -0.0886. The molecular formula is C20H22N6O2. The predicted molar refractivity (Wildman–Crippen MR) is 103 cm³/mol. The molecular weight excluding hydrogens is 356 g/mol. The molecule has 3 aromatic rings. The Morgan fingerprint density at radius 3 is 2.79 bits per heavy atom. The van der Waals surface area contributed by atoms with Crippen LogP contribution in [0.25, 0.3) is 11.3 Å². The number of rotatable bonds is 5. The van der Waals surface area contributed by atoms with Crippen LogP contribution in [0.3, 0.4) is 0 Å². The Morgan fingerprint density at radius 2 is 2.04 bits per heavy atom. The van der Waals surface area contributed by atoms with Gasteiger partial charge in [0.25, 0.3) is 5.91 Å². The van der Waals surface area contributed by atoms with Crippen molar-refractivity contribution in [2.75, 3.05) is 7.11 Å². The quantitative estimate of drug-likeness (QED) is 0.733. The average Bonchev–Trinajstić information content (AvgIpc) is 3.25. The summed E-state index contributed by atoms with van der Waals surface area (Å²) >= 11 is 0. The van der Waals surface area contributed by atoms with E-state index < -0.39 is 0 Å². The second-order valence-corrected chi connectivity index (χ2v) is 6.87. The summed E-state index contributed by atoms with van der Waals surface area (Å²) in [6, 6.07) is 5.73. The molecule has 0 spiro atoms. The van der Waals surface area contributed by atoms with Gasteiger partial charge >= 0.3 is 0 Å². The number of amides is 1. The first-order valence-corrected chi connectivity index (χ1v) is 9.34. The molecule has 1 aliphatic rings. The van der Waals surface area contributed by atoms with Crippen molar-refractivity contribution < 1.29 is 9.53 Å². The Labute approximate surface area is 163 Å². The minimum Gasteiger partial charge on any atom is -0.481 e. The maximum absolute atomic E-state index is 12.5. The molecule has 3 aromatic heterocycles. The van der Waals surface area contributed by atoms with Crippen molar-refractivity contribution in [1.82, 2.24) is 30.0 Å². The van der Waals surface area contributed by atoms with Crippen molar-refractivity contribution in [2.24, 2.45) is 0 Å². The molecule has 1 aliphatic carbocycles. The molecule has 1 N–H and O–H groups in total. The van der Waals surface area contributed by atoms with Crippen molar-refractivity contribution >= 4 is 5.91 Å². The van der Waals surface area contributed by atoms with Gasteiger partial charge in [-0.2, -0.15) is 5.10 Å². The molecule has 144 valence electrons. The van der Waals surface area contributed by atoms with Gasteiger partial charge in [0.2, 0.25) is 5.88 Å². The standard InChI is InChI=1S/C20H22N6O2/c1-28-19-10-14(6-9-22-19)20(27)25-16-2-4-17(5-3-16)26-12-15(11-24-26)18-7-8-21-13-23-18/h6-13,16-17H,2-5H2,1H3,(H,25,27). The lowest BCUT2D eigenvalue weighted by Crippen LogP contribution is -2.38. The van der Waals surface area contributed by atoms with Gasteiger partial charge in [-0.3, -0.25) is 9.48 Å².